The largest absolute Gasteiger partial charge is 0.324 e. The number of benzene rings is 2. The summed E-state index contributed by atoms with van der Waals surface area (Å²) in [5, 5.41) is 0. The van der Waals surface area contributed by atoms with E-state index < -0.39 is 8.24 Å². The molecule has 0 saturated heterocycles. The van der Waals surface area contributed by atoms with Crippen molar-refractivity contribution in [1.82, 2.24) is 4.57 Å². The highest BCUT2D eigenvalue weighted by atomic mass is 28.3. The maximum Gasteiger partial charge on any atom is 0.122 e. The van der Waals surface area contributed by atoms with Crippen molar-refractivity contribution in [3.05, 3.63) is 77.9 Å². The van der Waals surface area contributed by atoms with E-state index in [1.54, 1.807) is 0 Å². The third-order valence-electron chi connectivity index (χ3n) is 5.07. The van der Waals surface area contributed by atoms with Gasteiger partial charge in [0.1, 0.15) is 8.24 Å². The molecule has 2 aromatic rings. The first-order chi connectivity index (χ1) is 11.5. The molecule has 0 fully saturated rings. The van der Waals surface area contributed by atoms with Crippen LogP contribution in [0.1, 0.15) is 30.5 Å². The van der Waals surface area contributed by atoms with Crippen LogP contribution in [-0.4, -0.2) is 25.9 Å². The van der Waals surface area contributed by atoms with Crippen LogP contribution < -0.4 is 0 Å². The summed E-state index contributed by atoms with van der Waals surface area (Å²) >= 11 is 0. The fraction of sp³-hybridized carbons (Fsp3) is 0.364. The average molecular weight is 338 g/mol. The molecule has 0 aliphatic carbocycles. The summed E-state index contributed by atoms with van der Waals surface area (Å²) in [6.45, 7) is 16.1. The molecule has 0 amide bonds. The van der Waals surface area contributed by atoms with E-state index in [0.29, 0.717) is 0 Å². The van der Waals surface area contributed by atoms with Crippen LogP contribution in [-0.2, 0) is 6.42 Å². The molecule has 0 unspecified atom stereocenters. The van der Waals surface area contributed by atoms with Crippen LogP contribution >= 0.6 is 0 Å². The van der Waals surface area contributed by atoms with Crippen molar-refractivity contribution < 1.29 is 0 Å². The van der Waals surface area contributed by atoms with Gasteiger partial charge in [0.25, 0.3) is 0 Å². The van der Waals surface area contributed by atoms with E-state index in [4.69, 9.17) is 0 Å². The van der Waals surface area contributed by atoms with Crippen molar-refractivity contribution in [1.29, 1.82) is 0 Å². The molecule has 0 spiro atoms. The van der Waals surface area contributed by atoms with Gasteiger partial charge in [-0.05, 0) is 47.8 Å². The Hall–Kier alpha value is -1.64. The number of rotatable bonds is 8. The van der Waals surface area contributed by atoms with Crippen LogP contribution in [0, 0.1) is 0 Å². The molecule has 0 bridgehead atoms. The van der Waals surface area contributed by atoms with E-state index in [-0.39, 0.29) is 0 Å². The maximum atomic E-state index is 4.26. The normalized spacial score (nSPS) is 11.7. The summed E-state index contributed by atoms with van der Waals surface area (Å²) < 4.78 is 2.68. The minimum Gasteiger partial charge on any atom is -0.324 e. The number of nitrogens with zero attached hydrogens (tertiary/aromatic N) is 1. The first-order valence-electron chi connectivity index (χ1n) is 9.06. The molecule has 2 heteroatoms. The average Bonchev–Trinajstić information content (AvgIpc) is 2.61. The summed E-state index contributed by atoms with van der Waals surface area (Å²) in [6.07, 6.45) is 1.17. The van der Waals surface area contributed by atoms with Gasteiger partial charge in [-0.3, -0.25) is 0 Å². The lowest BCUT2D eigenvalue weighted by molar-refractivity contribution is 0.464. The van der Waals surface area contributed by atoms with Crippen molar-refractivity contribution in [3.8, 4) is 0 Å². The summed E-state index contributed by atoms with van der Waals surface area (Å²) in [6, 6.07) is 20.7. The van der Waals surface area contributed by atoms with E-state index in [0.717, 1.165) is 5.57 Å². The molecule has 0 radical (unpaired) electrons. The van der Waals surface area contributed by atoms with Crippen LogP contribution in [0.15, 0.2) is 61.2 Å². The lowest BCUT2D eigenvalue weighted by Gasteiger charge is -2.35. The van der Waals surface area contributed by atoms with Gasteiger partial charge in [-0.25, -0.2) is 0 Å². The van der Waals surface area contributed by atoms with E-state index in [9.17, 15) is 0 Å². The first kappa shape index (κ1) is 18.7. The Morgan fingerprint density at radius 3 is 1.96 bits per heavy atom. The molecule has 0 aliphatic rings. The fourth-order valence-electron chi connectivity index (χ4n) is 3.37. The van der Waals surface area contributed by atoms with Gasteiger partial charge in [0.05, 0.1) is 0 Å². The van der Waals surface area contributed by atoms with Gasteiger partial charge >= 0.3 is 0 Å². The Morgan fingerprint density at radius 2 is 1.42 bits per heavy atom. The lowest BCUT2D eigenvalue weighted by Crippen LogP contribution is -2.48. The molecule has 0 aliphatic heterocycles. The fourth-order valence-corrected chi connectivity index (χ4v) is 6.30. The van der Waals surface area contributed by atoms with Gasteiger partial charge in [-0.2, -0.15) is 0 Å². The molecule has 128 valence electrons. The predicted octanol–water partition coefficient (Wildman–Crippen LogP) is 5.84. The Balaban J connectivity index is 2.01. The SMILES string of the molecule is C=C(c1ccccc1)c1ccc(CC[Si](C)(C)N(CC)CC)cc1. The lowest BCUT2D eigenvalue weighted by atomic mass is 9.98. The molecule has 0 N–H and O–H groups in total. The molecule has 2 rings (SSSR count). The Morgan fingerprint density at radius 1 is 0.875 bits per heavy atom. The van der Waals surface area contributed by atoms with Gasteiger partial charge in [0.2, 0.25) is 0 Å². The Kier molecular flexibility index (Phi) is 6.58. The zero-order valence-electron chi connectivity index (χ0n) is 15.7. The molecule has 0 saturated carbocycles. The minimum absolute atomic E-state index is 1.10. The van der Waals surface area contributed by atoms with Crippen LogP contribution in [0.25, 0.3) is 5.57 Å². The zero-order chi connectivity index (χ0) is 17.6. The molecule has 0 atom stereocenters. The van der Waals surface area contributed by atoms with Crippen LogP contribution in [0.3, 0.4) is 0 Å². The Labute approximate surface area is 149 Å². The van der Waals surface area contributed by atoms with Crippen molar-refractivity contribution in [2.75, 3.05) is 13.1 Å². The standard InChI is InChI=1S/C22H31NSi/c1-6-23(7-2)24(4,5)18-17-20-13-15-22(16-14-20)19(3)21-11-9-8-10-12-21/h8-16H,3,6-7,17-18H2,1-2,4-5H3. The second-order valence-corrected chi connectivity index (χ2v) is 11.8. The van der Waals surface area contributed by atoms with Crippen LogP contribution in [0.5, 0.6) is 0 Å². The quantitative estimate of drug-likeness (QED) is 0.547. The molecule has 0 aromatic heterocycles. The molecular formula is C22H31NSi. The third-order valence-corrected chi connectivity index (χ3v) is 8.89. The van der Waals surface area contributed by atoms with Crippen LogP contribution in [0.2, 0.25) is 19.1 Å². The van der Waals surface area contributed by atoms with Crippen molar-refractivity contribution in [2.24, 2.45) is 0 Å². The highest BCUT2D eigenvalue weighted by Crippen LogP contribution is 2.23. The molecule has 2 aromatic carbocycles. The van der Waals surface area contributed by atoms with E-state index in [1.807, 2.05) is 6.07 Å². The minimum atomic E-state index is -1.29. The van der Waals surface area contributed by atoms with Gasteiger partial charge in [-0.15, -0.1) is 0 Å². The van der Waals surface area contributed by atoms with Crippen molar-refractivity contribution in [3.63, 3.8) is 0 Å². The van der Waals surface area contributed by atoms with E-state index in [1.165, 1.54) is 42.2 Å². The van der Waals surface area contributed by atoms with E-state index >= 15 is 0 Å². The summed E-state index contributed by atoms with van der Waals surface area (Å²) in [5.74, 6) is 0. The highest BCUT2D eigenvalue weighted by molar-refractivity contribution is 6.74. The smallest absolute Gasteiger partial charge is 0.122 e. The third kappa shape index (κ3) is 4.68. The van der Waals surface area contributed by atoms with Crippen LogP contribution in [0.4, 0.5) is 0 Å². The second kappa shape index (κ2) is 8.45. The predicted molar refractivity (Wildman–Crippen MR) is 110 cm³/mol. The first-order valence-corrected chi connectivity index (χ1v) is 12.2. The summed E-state index contributed by atoms with van der Waals surface area (Å²) in [4.78, 5) is 0. The van der Waals surface area contributed by atoms with Gasteiger partial charge in [0, 0.05) is 0 Å². The number of hydrogen-bond donors (Lipinski definition) is 0. The highest BCUT2D eigenvalue weighted by Gasteiger charge is 2.26. The molecule has 24 heavy (non-hydrogen) atoms. The monoisotopic (exact) mass is 337 g/mol. The zero-order valence-corrected chi connectivity index (χ0v) is 16.7. The topological polar surface area (TPSA) is 3.24 Å². The van der Waals surface area contributed by atoms with Gasteiger partial charge < -0.3 is 4.57 Å². The van der Waals surface area contributed by atoms with Crippen molar-refractivity contribution >= 4 is 13.8 Å². The summed E-state index contributed by atoms with van der Waals surface area (Å²) in [5.41, 5.74) is 4.94. The maximum absolute atomic E-state index is 4.26. The number of aryl methyl sites for hydroxylation is 1. The van der Waals surface area contributed by atoms with Gasteiger partial charge in [-0.1, -0.05) is 88.1 Å². The Bertz CT molecular complexity index is 639. The second-order valence-electron chi connectivity index (χ2n) is 7.03. The number of hydrogen-bond acceptors (Lipinski definition) is 1. The molecule has 1 nitrogen and oxygen atoms in total. The molecular weight excluding hydrogens is 306 g/mol. The summed E-state index contributed by atoms with van der Waals surface area (Å²) in [7, 11) is -1.29. The van der Waals surface area contributed by atoms with Crippen molar-refractivity contribution in [2.45, 2.75) is 39.4 Å². The van der Waals surface area contributed by atoms with E-state index in [2.05, 4.69) is 86.6 Å². The molecule has 0 heterocycles. The van der Waals surface area contributed by atoms with Gasteiger partial charge in [0.15, 0.2) is 0 Å².